The molecule has 0 bridgehead atoms. The molecule has 1 atom stereocenters. The fourth-order valence-electron chi connectivity index (χ4n) is 4.10. The quantitative estimate of drug-likeness (QED) is 0.674. The predicted octanol–water partition coefficient (Wildman–Crippen LogP) is 4.08. The molecule has 0 unspecified atom stereocenters. The van der Waals surface area contributed by atoms with Crippen LogP contribution in [0.25, 0.3) is 0 Å². The number of benzene rings is 1. The zero-order valence-electron chi connectivity index (χ0n) is 17.5. The number of anilines is 1. The minimum atomic E-state index is -0.0618. The highest BCUT2D eigenvalue weighted by Crippen LogP contribution is 2.38. The molecule has 6 nitrogen and oxygen atoms in total. The Bertz CT molecular complexity index is 1070. The first kappa shape index (κ1) is 20.3. The average Bonchev–Trinajstić information content (AvgIpc) is 3.31. The molecule has 0 aliphatic carbocycles. The predicted molar refractivity (Wildman–Crippen MR) is 119 cm³/mol. The number of nitrogens with one attached hydrogen (secondary N) is 1. The Hall–Kier alpha value is -2.93. The molecule has 0 spiro atoms. The number of rotatable bonds is 5. The number of aromatic nitrogens is 2. The molecule has 0 saturated carbocycles. The van der Waals surface area contributed by atoms with Crippen LogP contribution in [-0.2, 0) is 22.6 Å². The molecular formula is C23H26N4O2S. The molecule has 30 heavy (non-hydrogen) atoms. The second-order valence-electron chi connectivity index (χ2n) is 7.73. The first-order valence-electron chi connectivity index (χ1n) is 10.2. The van der Waals surface area contributed by atoms with Gasteiger partial charge in [-0.15, -0.1) is 11.3 Å². The van der Waals surface area contributed by atoms with E-state index in [1.807, 2.05) is 53.8 Å². The Kier molecular flexibility index (Phi) is 5.72. The van der Waals surface area contributed by atoms with E-state index in [4.69, 9.17) is 0 Å². The molecule has 0 fully saturated rings. The van der Waals surface area contributed by atoms with Gasteiger partial charge in [0.05, 0.1) is 11.7 Å². The van der Waals surface area contributed by atoms with Crippen molar-refractivity contribution in [3.63, 3.8) is 0 Å². The number of thiophene rings is 1. The summed E-state index contributed by atoms with van der Waals surface area (Å²) in [5.41, 5.74) is 5.04. The fourth-order valence-corrected chi connectivity index (χ4v) is 5.00. The van der Waals surface area contributed by atoms with Crippen molar-refractivity contribution in [2.45, 2.75) is 46.2 Å². The smallest absolute Gasteiger partial charge is 0.226 e. The SMILES string of the molecule is CC(=O)N1CCc2sccc2[C@H]1c1ccc(NC(=O)CCn2nc(C)cc2C)cc1. The highest BCUT2D eigenvalue weighted by Gasteiger charge is 2.31. The molecule has 2 amide bonds. The van der Waals surface area contributed by atoms with Crippen molar-refractivity contribution in [1.82, 2.24) is 14.7 Å². The van der Waals surface area contributed by atoms with Crippen LogP contribution in [0.1, 0.15) is 46.8 Å². The van der Waals surface area contributed by atoms with Gasteiger partial charge < -0.3 is 10.2 Å². The number of hydrogen-bond acceptors (Lipinski definition) is 4. The molecule has 3 aromatic rings. The van der Waals surface area contributed by atoms with E-state index in [2.05, 4.69) is 21.9 Å². The second kappa shape index (κ2) is 8.44. The number of carbonyl (C=O) groups is 2. The van der Waals surface area contributed by atoms with Gasteiger partial charge >= 0.3 is 0 Å². The normalized spacial score (nSPS) is 15.7. The summed E-state index contributed by atoms with van der Waals surface area (Å²) in [7, 11) is 0. The lowest BCUT2D eigenvalue weighted by atomic mass is 9.93. The zero-order chi connectivity index (χ0) is 21.3. The van der Waals surface area contributed by atoms with E-state index >= 15 is 0 Å². The molecule has 1 N–H and O–H groups in total. The van der Waals surface area contributed by atoms with Gasteiger partial charge in [0.1, 0.15) is 0 Å². The lowest BCUT2D eigenvalue weighted by Crippen LogP contribution is -2.38. The van der Waals surface area contributed by atoms with Gasteiger partial charge in [-0.25, -0.2) is 0 Å². The van der Waals surface area contributed by atoms with Crippen molar-refractivity contribution in [2.75, 3.05) is 11.9 Å². The van der Waals surface area contributed by atoms with Crippen LogP contribution in [0.4, 0.5) is 5.69 Å². The summed E-state index contributed by atoms with van der Waals surface area (Å²) in [5, 5.41) is 9.45. The van der Waals surface area contributed by atoms with Crippen LogP contribution in [0.15, 0.2) is 41.8 Å². The van der Waals surface area contributed by atoms with Gasteiger partial charge in [0.25, 0.3) is 0 Å². The number of carbonyl (C=O) groups excluding carboxylic acids is 2. The lowest BCUT2D eigenvalue weighted by Gasteiger charge is -2.35. The summed E-state index contributed by atoms with van der Waals surface area (Å²) in [6.45, 7) is 6.86. The molecule has 1 aliphatic rings. The molecule has 3 heterocycles. The minimum absolute atomic E-state index is 0.0431. The molecule has 4 rings (SSSR count). The van der Waals surface area contributed by atoms with E-state index in [1.54, 1.807) is 18.3 Å². The third-order valence-electron chi connectivity index (χ3n) is 5.53. The molecular weight excluding hydrogens is 396 g/mol. The number of hydrogen-bond donors (Lipinski definition) is 1. The summed E-state index contributed by atoms with van der Waals surface area (Å²) in [6.07, 6.45) is 1.27. The fraction of sp³-hybridized carbons (Fsp3) is 0.348. The standard InChI is InChI=1S/C23H26N4O2S/c1-15-14-16(2)27(25-15)12-9-22(29)24-19-6-4-18(5-7-19)23-20-10-13-30-21(20)8-11-26(23)17(3)28/h4-7,10,13-14,23H,8-9,11-12H2,1-3H3,(H,24,29)/t23-/m1/s1. The maximum absolute atomic E-state index is 12.4. The van der Waals surface area contributed by atoms with Crippen LogP contribution >= 0.6 is 11.3 Å². The number of amides is 2. The highest BCUT2D eigenvalue weighted by atomic mass is 32.1. The zero-order valence-corrected chi connectivity index (χ0v) is 18.3. The third-order valence-corrected chi connectivity index (χ3v) is 6.53. The Morgan fingerprint density at radius 1 is 1.20 bits per heavy atom. The van der Waals surface area contributed by atoms with Crippen LogP contribution in [0.2, 0.25) is 0 Å². The van der Waals surface area contributed by atoms with E-state index in [0.717, 1.165) is 35.6 Å². The van der Waals surface area contributed by atoms with E-state index < -0.39 is 0 Å². The van der Waals surface area contributed by atoms with Gasteiger partial charge in [-0.05, 0) is 61.0 Å². The van der Waals surface area contributed by atoms with Gasteiger partial charge in [-0.1, -0.05) is 12.1 Å². The summed E-state index contributed by atoms with van der Waals surface area (Å²) < 4.78 is 1.86. The van der Waals surface area contributed by atoms with Crippen LogP contribution in [0, 0.1) is 13.8 Å². The highest BCUT2D eigenvalue weighted by molar-refractivity contribution is 7.10. The minimum Gasteiger partial charge on any atom is -0.331 e. The van der Waals surface area contributed by atoms with E-state index in [-0.39, 0.29) is 17.9 Å². The maximum atomic E-state index is 12.4. The largest absolute Gasteiger partial charge is 0.331 e. The van der Waals surface area contributed by atoms with E-state index in [1.165, 1.54) is 10.4 Å². The number of fused-ring (bicyclic) bond motifs is 1. The monoisotopic (exact) mass is 422 g/mol. The molecule has 2 aromatic heterocycles. The second-order valence-corrected chi connectivity index (χ2v) is 8.74. The van der Waals surface area contributed by atoms with Crippen molar-refractivity contribution in [3.8, 4) is 0 Å². The Balaban J connectivity index is 1.44. The van der Waals surface area contributed by atoms with Crippen LogP contribution < -0.4 is 5.32 Å². The Labute approximate surface area is 180 Å². The first-order chi connectivity index (χ1) is 14.4. The lowest BCUT2D eigenvalue weighted by molar-refractivity contribution is -0.130. The van der Waals surface area contributed by atoms with Gasteiger partial charge in [-0.3, -0.25) is 14.3 Å². The van der Waals surface area contributed by atoms with Gasteiger partial charge in [0.15, 0.2) is 0 Å². The van der Waals surface area contributed by atoms with Gasteiger partial charge in [0.2, 0.25) is 11.8 Å². The summed E-state index contributed by atoms with van der Waals surface area (Å²) in [4.78, 5) is 27.8. The van der Waals surface area contributed by atoms with E-state index in [9.17, 15) is 9.59 Å². The molecule has 1 aromatic carbocycles. The third kappa shape index (κ3) is 4.16. The van der Waals surface area contributed by atoms with Crippen LogP contribution in [0.5, 0.6) is 0 Å². The van der Waals surface area contributed by atoms with Crippen molar-refractivity contribution in [1.29, 1.82) is 0 Å². The first-order valence-corrected chi connectivity index (χ1v) is 11.0. The Morgan fingerprint density at radius 2 is 1.97 bits per heavy atom. The molecule has 156 valence electrons. The van der Waals surface area contributed by atoms with Crippen molar-refractivity contribution >= 4 is 28.8 Å². The van der Waals surface area contributed by atoms with Crippen molar-refractivity contribution in [3.05, 3.63) is 69.2 Å². The number of aryl methyl sites for hydroxylation is 3. The van der Waals surface area contributed by atoms with Gasteiger partial charge in [-0.2, -0.15) is 5.10 Å². The summed E-state index contributed by atoms with van der Waals surface area (Å²) in [5.74, 6) is 0.0387. The summed E-state index contributed by atoms with van der Waals surface area (Å²) in [6, 6.07) is 11.9. The Morgan fingerprint density at radius 3 is 2.63 bits per heavy atom. The topological polar surface area (TPSA) is 67.2 Å². The molecule has 0 radical (unpaired) electrons. The van der Waals surface area contributed by atoms with Crippen molar-refractivity contribution in [2.24, 2.45) is 0 Å². The maximum Gasteiger partial charge on any atom is 0.226 e. The molecule has 1 aliphatic heterocycles. The average molecular weight is 423 g/mol. The van der Waals surface area contributed by atoms with Crippen LogP contribution in [-0.4, -0.2) is 33.0 Å². The summed E-state index contributed by atoms with van der Waals surface area (Å²) >= 11 is 1.75. The van der Waals surface area contributed by atoms with Crippen molar-refractivity contribution < 1.29 is 9.59 Å². The van der Waals surface area contributed by atoms with E-state index in [0.29, 0.717) is 13.0 Å². The van der Waals surface area contributed by atoms with Crippen LogP contribution in [0.3, 0.4) is 0 Å². The molecule has 0 saturated heterocycles. The number of nitrogens with zero attached hydrogens (tertiary/aromatic N) is 3. The molecule has 7 heteroatoms. The van der Waals surface area contributed by atoms with Gasteiger partial charge in [0, 0.05) is 42.7 Å².